The summed E-state index contributed by atoms with van der Waals surface area (Å²) in [4.78, 5) is 4.18. The van der Waals surface area contributed by atoms with Gasteiger partial charge in [0.1, 0.15) is 19.7 Å². The molecule has 12 heavy (non-hydrogen) atoms. The van der Waals surface area contributed by atoms with Gasteiger partial charge in [0.15, 0.2) is 0 Å². The molecule has 0 saturated heterocycles. The fourth-order valence-corrected chi connectivity index (χ4v) is 1.12. The van der Waals surface area contributed by atoms with E-state index in [-0.39, 0.29) is 0 Å². The van der Waals surface area contributed by atoms with Gasteiger partial charge in [0.25, 0.3) is 0 Å². The van der Waals surface area contributed by atoms with Crippen LogP contribution in [0.5, 0.6) is 0 Å². The molecule has 0 unspecified atom stereocenters. The van der Waals surface area contributed by atoms with Crippen molar-refractivity contribution in [3.63, 3.8) is 0 Å². The van der Waals surface area contributed by atoms with E-state index in [9.17, 15) is 0 Å². The zero-order valence-electron chi connectivity index (χ0n) is 7.75. The zero-order chi connectivity index (χ0) is 8.81. The first kappa shape index (κ1) is 9.44. The SMILES string of the molecule is CCNN1C=NCN(NCC)C1. The average molecular weight is 171 g/mol. The molecule has 5 nitrogen and oxygen atoms in total. The highest BCUT2D eigenvalue weighted by molar-refractivity contribution is 5.54. The first-order valence-corrected chi connectivity index (χ1v) is 4.35. The Bertz CT molecular complexity index is 147. The van der Waals surface area contributed by atoms with Crippen molar-refractivity contribution in [2.24, 2.45) is 4.99 Å². The molecule has 0 saturated carbocycles. The highest BCUT2D eigenvalue weighted by Crippen LogP contribution is 1.92. The molecule has 0 aliphatic carbocycles. The van der Waals surface area contributed by atoms with E-state index in [1.165, 1.54) is 0 Å². The number of nitrogens with zero attached hydrogens (tertiary/aromatic N) is 3. The van der Waals surface area contributed by atoms with Crippen molar-refractivity contribution >= 4 is 6.34 Å². The summed E-state index contributed by atoms with van der Waals surface area (Å²) in [7, 11) is 0. The Hall–Kier alpha value is -0.650. The maximum absolute atomic E-state index is 4.18. The molecule has 0 spiro atoms. The minimum Gasteiger partial charge on any atom is -0.283 e. The van der Waals surface area contributed by atoms with E-state index in [1.54, 1.807) is 0 Å². The summed E-state index contributed by atoms with van der Waals surface area (Å²) < 4.78 is 0. The third-order valence-corrected chi connectivity index (χ3v) is 1.54. The molecule has 1 aliphatic rings. The predicted molar refractivity (Wildman–Crippen MR) is 49.3 cm³/mol. The van der Waals surface area contributed by atoms with Gasteiger partial charge in [-0.25, -0.2) is 10.4 Å². The van der Waals surface area contributed by atoms with Crippen LogP contribution in [0.15, 0.2) is 4.99 Å². The molecule has 0 aromatic heterocycles. The van der Waals surface area contributed by atoms with Gasteiger partial charge in [-0.15, -0.1) is 0 Å². The van der Waals surface area contributed by atoms with Crippen LogP contribution in [0.25, 0.3) is 0 Å². The van der Waals surface area contributed by atoms with Crippen LogP contribution < -0.4 is 10.9 Å². The van der Waals surface area contributed by atoms with Crippen molar-refractivity contribution in [1.82, 2.24) is 20.9 Å². The topological polar surface area (TPSA) is 42.9 Å². The highest BCUT2D eigenvalue weighted by atomic mass is 15.7. The van der Waals surface area contributed by atoms with Gasteiger partial charge in [0.2, 0.25) is 0 Å². The second kappa shape index (κ2) is 5.08. The van der Waals surface area contributed by atoms with Crippen LogP contribution in [0.1, 0.15) is 13.8 Å². The van der Waals surface area contributed by atoms with E-state index in [1.807, 2.05) is 11.3 Å². The molecule has 0 amide bonds. The number of rotatable bonds is 4. The van der Waals surface area contributed by atoms with Crippen LogP contribution in [0.3, 0.4) is 0 Å². The smallest absolute Gasteiger partial charge is 0.108 e. The Kier molecular flexibility index (Phi) is 3.99. The van der Waals surface area contributed by atoms with E-state index in [2.05, 4.69) is 34.7 Å². The first-order chi connectivity index (χ1) is 5.86. The second-order valence-electron chi connectivity index (χ2n) is 2.61. The molecule has 0 bridgehead atoms. The summed E-state index contributed by atoms with van der Waals surface area (Å²) in [6, 6.07) is 0. The Morgan fingerprint density at radius 2 is 2.08 bits per heavy atom. The van der Waals surface area contributed by atoms with E-state index < -0.39 is 0 Å². The van der Waals surface area contributed by atoms with Crippen molar-refractivity contribution < 1.29 is 0 Å². The molecule has 1 heterocycles. The standard InChI is InChI=1S/C7H17N5/c1-3-9-11-5-8-6-12(7-11)10-4-2/h5,9-10H,3-4,6-7H2,1-2H3. The molecule has 0 atom stereocenters. The van der Waals surface area contributed by atoms with Gasteiger partial charge >= 0.3 is 0 Å². The van der Waals surface area contributed by atoms with Crippen LogP contribution in [0, 0.1) is 0 Å². The van der Waals surface area contributed by atoms with Crippen LogP contribution in [0.2, 0.25) is 0 Å². The van der Waals surface area contributed by atoms with Crippen LogP contribution in [-0.2, 0) is 0 Å². The summed E-state index contributed by atoms with van der Waals surface area (Å²) in [5, 5.41) is 4.02. The summed E-state index contributed by atoms with van der Waals surface area (Å²) >= 11 is 0. The lowest BCUT2D eigenvalue weighted by molar-refractivity contribution is 0.0956. The normalized spacial score (nSPS) is 18.7. The van der Waals surface area contributed by atoms with E-state index in [0.29, 0.717) is 0 Å². The fourth-order valence-electron chi connectivity index (χ4n) is 1.12. The van der Waals surface area contributed by atoms with Crippen molar-refractivity contribution in [3.05, 3.63) is 0 Å². The molecule has 2 N–H and O–H groups in total. The Morgan fingerprint density at radius 3 is 2.75 bits per heavy atom. The lowest BCUT2D eigenvalue weighted by atomic mass is 10.7. The molecule has 1 rings (SSSR count). The van der Waals surface area contributed by atoms with Crippen molar-refractivity contribution in [3.8, 4) is 0 Å². The zero-order valence-corrected chi connectivity index (χ0v) is 7.75. The minimum atomic E-state index is 0.732. The fraction of sp³-hybridized carbons (Fsp3) is 0.857. The molecule has 5 heteroatoms. The lowest BCUT2D eigenvalue weighted by Crippen LogP contribution is -2.52. The first-order valence-electron chi connectivity index (χ1n) is 4.35. The van der Waals surface area contributed by atoms with Crippen LogP contribution in [-0.4, -0.2) is 42.8 Å². The summed E-state index contributed by atoms with van der Waals surface area (Å²) in [6.07, 6.45) is 1.83. The van der Waals surface area contributed by atoms with Gasteiger partial charge in [-0.2, -0.15) is 0 Å². The van der Waals surface area contributed by atoms with Gasteiger partial charge in [0, 0.05) is 13.1 Å². The summed E-state index contributed by atoms with van der Waals surface area (Å²) in [5.41, 5.74) is 6.39. The molecule has 70 valence electrons. The minimum absolute atomic E-state index is 0.732. The average Bonchev–Trinajstić information content (AvgIpc) is 2.06. The Balaban J connectivity index is 2.29. The number of hydrogen-bond donors (Lipinski definition) is 2. The molecule has 0 fully saturated rings. The molecule has 0 aromatic rings. The maximum atomic E-state index is 4.18. The third-order valence-electron chi connectivity index (χ3n) is 1.54. The van der Waals surface area contributed by atoms with Crippen molar-refractivity contribution in [2.75, 3.05) is 26.4 Å². The van der Waals surface area contributed by atoms with Crippen LogP contribution >= 0.6 is 0 Å². The van der Waals surface area contributed by atoms with E-state index in [0.717, 1.165) is 26.4 Å². The molecule has 0 aromatic carbocycles. The van der Waals surface area contributed by atoms with E-state index in [4.69, 9.17) is 0 Å². The quantitative estimate of drug-likeness (QED) is 0.604. The Labute approximate surface area is 73.4 Å². The maximum Gasteiger partial charge on any atom is 0.108 e. The van der Waals surface area contributed by atoms with Crippen LogP contribution in [0.4, 0.5) is 0 Å². The van der Waals surface area contributed by atoms with Crippen molar-refractivity contribution in [1.29, 1.82) is 0 Å². The summed E-state index contributed by atoms with van der Waals surface area (Å²) in [5.74, 6) is 0. The summed E-state index contributed by atoms with van der Waals surface area (Å²) in [6.45, 7) is 7.58. The van der Waals surface area contributed by atoms with Gasteiger partial charge in [-0.3, -0.25) is 15.4 Å². The van der Waals surface area contributed by atoms with Crippen molar-refractivity contribution in [2.45, 2.75) is 13.8 Å². The highest BCUT2D eigenvalue weighted by Gasteiger charge is 2.10. The molecular weight excluding hydrogens is 154 g/mol. The van der Waals surface area contributed by atoms with Gasteiger partial charge in [-0.1, -0.05) is 13.8 Å². The third kappa shape index (κ3) is 2.77. The number of hydrogen-bond acceptors (Lipinski definition) is 5. The van der Waals surface area contributed by atoms with Gasteiger partial charge < -0.3 is 0 Å². The molecule has 0 radical (unpaired) electrons. The Morgan fingerprint density at radius 1 is 1.33 bits per heavy atom. The predicted octanol–water partition coefficient (Wildman–Crippen LogP) is -0.404. The number of hydrazine groups is 2. The second-order valence-corrected chi connectivity index (χ2v) is 2.61. The molecular formula is C7H17N5. The monoisotopic (exact) mass is 171 g/mol. The lowest BCUT2D eigenvalue weighted by Gasteiger charge is -2.31. The largest absolute Gasteiger partial charge is 0.283 e. The van der Waals surface area contributed by atoms with Gasteiger partial charge in [0.05, 0.1) is 0 Å². The van der Waals surface area contributed by atoms with E-state index >= 15 is 0 Å². The number of aliphatic imine (C=N–C) groups is 1. The number of nitrogens with one attached hydrogen (secondary N) is 2. The molecule has 1 aliphatic heterocycles. The van der Waals surface area contributed by atoms with Gasteiger partial charge in [-0.05, 0) is 0 Å².